The molecule has 5 rings (SSSR count). The summed E-state index contributed by atoms with van der Waals surface area (Å²) in [6, 6.07) is 13.7. The summed E-state index contributed by atoms with van der Waals surface area (Å²) in [5.74, 6) is 1.92. The van der Waals surface area contributed by atoms with E-state index in [1.54, 1.807) is 12.4 Å². The third-order valence-corrected chi connectivity index (χ3v) is 6.53. The zero-order valence-electron chi connectivity index (χ0n) is 16.5. The molecular formula is C23H22Cl2N4O. The maximum Gasteiger partial charge on any atom is 0.225 e. The highest BCUT2D eigenvalue weighted by Gasteiger charge is 2.36. The highest BCUT2D eigenvalue weighted by Crippen LogP contribution is 2.34. The molecule has 0 N–H and O–H groups in total. The molecule has 0 bridgehead atoms. The molecule has 1 atom stereocenters. The Hall–Kier alpha value is -2.37. The van der Waals surface area contributed by atoms with Gasteiger partial charge in [0.1, 0.15) is 6.33 Å². The first-order chi connectivity index (χ1) is 14.6. The molecule has 2 fully saturated rings. The Morgan fingerprint density at radius 3 is 2.53 bits per heavy atom. The molecule has 1 saturated heterocycles. The van der Waals surface area contributed by atoms with Crippen LogP contribution in [0.1, 0.15) is 19.3 Å². The SMILES string of the molecule is O=C(C1CC1)N1CCC(Cn2cnnc2-c2ccc(-c3ccc(Cl)cc3Cl)cc2)C1. The number of likely N-dealkylation sites (tertiary alicyclic amines) is 1. The zero-order valence-corrected chi connectivity index (χ0v) is 18.0. The third-order valence-electron chi connectivity index (χ3n) is 5.98. The average molecular weight is 441 g/mol. The van der Waals surface area contributed by atoms with Gasteiger partial charge in [-0.25, -0.2) is 0 Å². The number of hydrogen-bond acceptors (Lipinski definition) is 3. The van der Waals surface area contributed by atoms with Gasteiger partial charge in [0.15, 0.2) is 5.82 Å². The quantitative estimate of drug-likeness (QED) is 0.549. The lowest BCUT2D eigenvalue weighted by atomic mass is 10.0. The number of carbonyl (C=O) groups is 1. The second-order valence-corrected chi connectivity index (χ2v) is 9.07. The molecule has 0 spiro atoms. The molecule has 154 valence electrons. The first-order valence-electron chi connectivity index (χ1n) is 10.3. The standard InChI is InChI=1S/C23H22Cl2N4O/c24-19-7-8-20(21(25)11-19)16-1-3-17(4-2-16)22-27-26-14-29(22)13-15-9-10-28(12-15)23(30)18-5-6-18/h1-4,7-8,11,14-15,18H,5-6,9-10,12-13H2. The Morgan fingerprint density at radius 1 is 1.03 bits per heavy atom. The minimum absolute atomic E-state index is 0.293. The molecule has 5 nitrogen and oxygen atoms in total. The Labute approximate surface area is 185 Å². The summed E-state index contributed by atoms with van der Waals surface area (Å²) in [7, 11) is 0. The van der Waals surface area contributed by atoms with Gasteiger partial charge >= 0.3 is 0 Å². The average Bonchev–Trinajstić information content (AvgIpc) is 3.32. The van der Waals surface area contributed by atoms with Crippen molar-refractivity contribution in [1.82, 2.24) is 19.7 Å². The molecule has 1 aliphatic carbocycles. The van der Waals surface area contributed by atoms with Gasteiger partial charge in [0.25, 0.3) is 0 Å². The first kappa shape index (κ1) is 19.6. The summed E-state index contributed by atoms with van der Waals surface area (Å²) in [5.41, 5.74) is 2.97. The molecule has 1 aliphatic heterocycles. The van der Waals surface area contributed by atoms with Crippen molar-refractivity contribution in [1.29, 1.82) is 0 Å². The van der Waals surface area contributed by atoms with Gasteiger partial charge in [0, 0.05) is 46.7 Å². The van der Waals surface area contributed by atoms with Gasteiger partial charge in [0.2, 0.25) is 5.91 Å². The van der Waals surface area contributed by atoms with Crippen LogP contribution in [0.5, 0.6) is 0 Å². The van der Waals surface area contributed by atoms with E-state index in [4.69, 9.17) is 23.2 Å². The van der Waals surface area contributed by atoms with Crippen LogP contribution in [0.15, 0.2) is 48.8 Å². The number of carbonyl (C=O) groups excluding carboxylic acids is 1. The van der Waals surface area contributed by atoms with E-state index in [1.807, 2.05) is 41.3 Å². The number of aromatic nitrogens is 3. The van der Waals surface area contributed by atoms with Crippen LogP contribution in [0.25, 0.3) is 22.5 Å². The van der Waals surface area contributed by atoms with Crippen molar-refractivity contribution >= 4 is 29.1 Å². The Balaban J connectivity index is 1.30. The van der Waals surface area contributed by atoms with Crippen LogP contribution in [0.4, 0.5) is 0 Å². The summed E-state index contributed by atoms with van der Waals surface area (Å²) < 4.78 is 2.10. The molecule has 2 heterocycles. The largest absolute Gasteiger partial charge is 0.342 e. The predicted octanol–water partition coefficient (Wildman–Crippen LogP) is 5.18. The fourth-order valence-corrected chi connectivity index (χ4v) is 4.70. The van der Waals surface area contributed by atoms with Crippen LogP contribution in [-0.2, 0) is 11.3 Å². The van der Waals surface area contributed by atoms with Crippen molar-refractivity contribution in [3.8, 4) is 22.5 Å². The Kier molecular flexibility index (Phi) is 5.25. The van der Waals surface area contributed by atoms with Crippen LogP contribution in [0.3, 0.4) is 0 Å². The highest BCUT2D eigenvalue weighted by atomic mass is 35.5. The summed E-state index contributed by atoms with van der Waals surface area (Å²) >= 11 is 12.3. The van der Waals surface area contributed by atoms with Crippen molar-refractivity contribution in [2.75, 3.05) is 13.1 Å². The minimum atomic E-state index is 0.293. The van der Waals surface area contributed by atoms with Gasteiger partial charge < -0.3 is 9.47 Å². The smallest absolute Gasteiger partial charge is 0.225 e. The number of hydrogen-bond donors (Lipinski definition) is 0. The van der Waals surface area contributed by atoms with E-state index in [-0.39, 0.29) is 0 Å². The number of rotatable bonds is 5. The number of amides is 1. The summed E-state index contributed by atoms with van der Waals surface area (Å²) in [4.78, 5) is 14.4. The predicted molar refractivity (Wildman–Crippen MR) is 118 cm³/mol. The second kappa shape index (κ2) is 8.05. The summed E-state index contributed by atoms with van der Waals surface area (Å²) in [6.07, 6.45) is 4.94. The molecule has 3 aromatic rings. The Morgan fingerprint density at radius 2 is 1.80 bits per heavy atom. The zero-order chi connectivity index (χ0) is 20.7. The van der Waals surface area contributed by atoms with E-state index < -0.39 is 0 Å². The molecule has 30 heavy (non-hydrogen) atoms. The van der Waals surface area contributed by atoms with Crippen LogP contribution in [0.2, 0.25) is 10.0 Å². The van der Waals surface area contributed by atoms with Crippen LogP contribution in [0, 0.1) is 11.8 Å². The first-order valence-corrected chi connectivity index (χ1v) is 11.1. The van der Waals surface area contributed by atoms with Crippen molar-refractivity contribution in [3.05, 3.63) is 58.8 Å². The van der Waals surface area contributed by atoms with E-state index in [0.29, 0.717) is 27.8 Å². The Bertz CT molecular complexity index is 1080. The molecular weight excluding hydrogens is 419 g/mol. The normalized spacial score (nSPS) is 18.7. The summed E-state index contributed by atoms with van der Waals surface area (Å²) in [5, 5.41) is 9.73. The fourth-order valence-electron chi connectivity index (χ4n) is 4.18. The number of nitrogens with zero attached hydrogens (tertiary/aromatic N) is 4. The molecule has 1 amide bonds. The lowest BCUT2D eigenvalue weighted by Gasteiger charge is -2.17. The third kappa shape index (κ3) is 3.96. The lowest BCUT2D eigenvalue weighted by Crippen LogP contribution is -2.30. The molecule has 1 aromatic heterocycles. The van der Waals surface area contributed by atoms with E-state index >= 15 is 0 Å². The van der Waals surface area contributed by atoms with E-state index in [9.17, 15) is 4.79 Å². The lowest BCUT2D eigenvalue weighted by molar-refractivity contribution is -0.131. The fraction of sp³-hybridized carbons (Fsp3) is 0.348. The van der Waals surface area contributed by atoms with Crippen molar-refractivity contribution in [2.45, 2.75) is 25.8 Å². The van der Waals surface area contributed by atoms with Gasteiger partial charge in [-0.3, -0.25) is 4.79 Å². The maximum absolute atomic E-state index is 12.3. The molecule has 1 saturated carbocycles. The van der Waals surface area contributed by atoms with Gasteiger partial charge in [-0.2, -0.15) is 0 Å². The van der Waals surface area contributed by atoms with E-state index in [0.717, 1.165) is 61.4 Å². The summed E-state index contributed by atoms with van der Waals surface area (Å²) in [6.45, 7) is 2.52. The van der Waals surface area contributed by atoms with Gasteiger partial charge in [-0.1, -0.05) is 53.5 Å². The molecule has 0 radical (unpaired) electrons. The van der Waals surface area contributed by atoms with E-state index in [2.05, 4.69) is 14.8 Å². The molecule has 2 aliphatic rings. The van der Waals surface area contributed by atoms with Crippen LogP contribution >= 0.6 is 23.2 Å². The minimum Gasteiger partial charge on any atom is -0.342 e. The highest BCUT2D eigenvalue weighted by molar-refractivity contribution is 6.36. The van der Waals surface area contributed by atoms with Crippen LogP contribution in [-0.4, -0.2) is 38.7 Å². The molecule has 1 unspecified atom stereocenters. The topological polar surface area (TPSA) is 51.0 Å². The van der Waals surface area contributed by atoms with Crippen LogP contribution < -0.4 is 0 Å². The van der Waals surface area contributed by atoms with E-state index in [1.165, 1.54) is 0 Å². The van der Waals surface area contributed by atoms with Gasteiger partial charge in [-0.15, -0.1) is 10.2 Å². The van der Waals surface area contributed by atoms with Crippen molar-refractivity contribution in [3.63, 3.8) is 0 Å². The number of benzene rings is 2. The van der Waals surface area contributed by atoms with Crippen molar-refractivity contribution < 1.29 is 4.79 Å². The second-order valence-electron chi connectivity index (χ2n) is 8.22. The molecule has 2 aromatic carbocycles. The molecule has 7 heteroatoms. The van der Waals surface area contributed by atoms with Gasteiger partial charge in [-0.05, 0) is 42.9 Å². The monoisotopic (exact) mass is 440 g/mol. The maximum atomic E-state index is 12.3. The number of halogens is 2. The van der Waals surface area contributed by atoms with Gasteiger partial charge in [0.05, 0.1) is 0 Å². The van der Waals surface area contributed by atoms with Crippen molar-refractivity contribution in [2.24, 2.45) is 11.8 Å².